The molecule has 0 radical (unpaired) electrons. The van der Waals surface area contributed by atoms with E-state index in [2.05, 4.69) is 13.2 Å². The maximum absolute atomic E-state index is 11.9. The van der Waals surface area contributed by atoms with Gasteiger partial charge in [0.2, 0.25) is 0 Å². The average molecular weight is 260 g/mol. The largest absolute Gasteiger partial charge is 0.322 e. The molecule has 0 aromatic heterocycles. The average Bonchev–Trinajstić information content (AvgIpc) is 2.66. The number of carbonyl (C=O) groups is 3. The molecule has 100 valence electrons. The number of carbonyl (C=O) groups excluding carboxylic acids is 3. The fourth-order valence-corrected chi connectivity index (χ4v) is 1.68. The first kappa shape index (κ1) is 14.8. The van der Waals surface area contributed by atoms with E-state index >= 15 is 0 Å². The van der Waals surface area contributed by atoms with Crippen molar-refractivity contribution in [2.24, 2.45) is 5.73 Å². The summed E-state index contributed by atoms with van der Waals surface area (Å²) in [5, 5.41) is 0. The van der Waals surface area contributed by atoms with Gasteiger partial charge < -0.3 is 5.73 Å². The summed E-state index contributed by atoms with van der Waals surface area (Å²) in [7, 11) is 0. The van der Waals surface area contributed by atoms with Gasteiger partial charge in [-0.2, -0.15) is 0 Å². The molecule has 5 nitrogen and oxygen atoms in total. The highest BCUT2D eigenvalue weighted by atomic mass is 16.2. The summed E-state index contributed by atoms with van der Waals surface area (Å²) in [5.41, 5.74) is 6.10. The second-order valence-electron chi connectivity index (χ2n) is 4.00. The van der Waals surface area contributed by atoms with Gasteiger partial charge >= 0.3 is 0 Å². The first-order valence-electron chi connectivity index (χ1n) is 5.76. The Hall–Kier alpha value is -2.27. The number of rotatable bonds is 3. The lowest BCUT2D eigenvalue weighted by molar-refractivity contribution is -0.120. The van der Waals surface area contributed by atoms with Crippen LogP contribution in [0.5, 0.6) is 0 Å². The summed E-state index contributed by atoms with van der Waals surface area (Å²) in [4.78, 5) is 36.2. The van der Waals surface area contributed by atoms with Gasteiger partial charge in [0.25, 0.3) is 11.8 Å². The number of imide groups is 1. The number of fused-ring (bicyclic) bond motifs is 1. The van der Waals surface area contributed by atoms with Gasteiger partial charge in [-0.1, -0.05) is 12.1 Å². The SMILES string of the molecule is C=C.CC(N)C(=O)CN1C(=O)c2ccccc2C1=O. The Labute approximate surface area is 111 Å². The highest BCUT2D eigenvalue weighted by molar-refractivity contribution is 6.22. The molecule has 0 saturated carbocycles. The van der Waals surface area contributed by atoms with Crippen molar-refractivity contribution in [3.05, 3.63) is 48.6 Å². The van der Waals surface area contributed by atoms with Gasteiger partial charge in [-0.25, -0.2) is 0 Å². The number of nitrogens with two attached hydrogens (primary N) is 1. The van der Waals surface area contributed by atoms with Crippen molar-refractivity contribution in [3.8, 4) is 0 Å². The molecule has 0 bridgehead atoms. The molecule has 0 spiro atoms. The van der Waals surface area contributed by atoms with Crippen molar-refractivity contribution in [2.75, 3.05) is 6.54 Å². The van der Waals surface area contributed by atoms with Crippen LogP contribution in [0.15, 0.2) is 37.4 Å². The highest BCUT2D eigenvalue weighted by Gasteiger charge is 2.36. The van der Waals surface area contributed by atoms with Crippen LogP contribution < -0.4 is 5.73 Å². The van der Waals surface area contributed by atoms with E-state index in [1.165, 1.54) is 6.92 Å². The maximum atomic E-state index is 11.9. The Morgan fingerprint density at radius 2 is 1.63 bits per heavy atom. The lowest BCUT2D eigenvalue weighted by Crippen LogP contribution is -2.40. The number of amides is 2. The predicted molar refractivity (Wildman–Crippen MR) is 71.7 cm³/mol. The Morgan fingerprint density at radius 1 is 1.21 bits per heavy atom. The number of Topliss-reactive ketones (excluding diaryl/α,β-unsaturated/α-hetero) is 1. The van der Waals surface area contributed by atoms with E-state index in [-0.39, 0.29) is 12.3 Å². The van der Waals surface area contributed by atoms with Gasteiger partial charge in [-0.05, 0) is 19.1 Å². The van der Waals surface area contributed by atoms with Crippen LogP contribution in [0.3, 0.4) is 0 Å². The van der Waals surface area contributed by atoms with Crippen LogP contribution in [0.1, 0.15) is 27.6 Å². The fourth-order valence-electron chi connectivity index (χ4n) is 1.68. The molecular weight excluding hydrogens is 244 g/mol. The van der Waals surface area contributed by atoms with Gasteiger partial charge in [0.05, 0.1) is 23.7 Å². The normalized spacial score (nSPS) is 14.5. The zero-order valence-corrected chi connectivity index (χ0v) is 10.8. The highest BCUT2D eigenvalue weighted by Crippen LogP contribution is 2.22. The van der Waals surface area contributed by atoms with Crippen LogP contribution in [-0.2, 0) is 4.79 Å². The van der Waals surface area contributed by atoms with Crippen molar-refractivity contribution >= 4 is 17.6 Å². The number of ketones is 1. The smallest absolute Gasteiger partial charge is 0.261 e. The second-order valence-corrected chi connectivity index (χ2v) is 4.00. The third-order valence-corrected chi connectivity index (χ3v) is 2.70. The molecule has 0 saturated heterocycles. The molecule has 1 aromatic rings. The Kier molecular flexibility index (Phi) is 4.72. The van der Waals surface area contributed by atoms with Crippen molar-refractivity contribution in [2.45, 2.75) is 13.0 Å². The Morgan fingerprint density at radius 3 is 2.00 bits per heavy atom. The third kappa shape index (κ3) is 2.77. The van der Waals surface area contributed by atoms with Gasteiger partial charge in [-0.3, -0.25) is 19.3 Å². The van der Waals surface area contributed by atoms with E-state index in [4.69, 9.17) is 5.73 Å². The van der Waals surface area contributed by atoms with Crippen LogP contribution in [0, 0.1) is 0 Å². The predicted octanol–water partition coefficient (Wildman–Crippen LogP) is 1.00. The van der Waals surface area contributed by atoms with Gasteiger partial charge in [0.1, 0.15) is 0 Å². The summed E-state index contributed by atoms with van der Waals surface area (Å²) in [6, 6.07) is 5.83. The molecule has 19 heavy (non-hydrogen) atoms. The molecule has 0 fully saturated rings. The number of nitrogens with zero attached hydrogens (tertiary/aromatic N) is 1. The summed E-state index contributed by atoms with van der Waals surface area (Å²) < 4.78 is 0. The van der Waals surface area contributed by atoms with Gasteiger partial charge in [-0.15, -0.1) is 13.2 Å². The van der Waals surface area contributed by atoms with Crippen molar-refractivity contribution in [1.82, 2.24) is 4.90 Å². The minimum Gasteiger partial charge on any atom is -0.322 e. The monoisotopic (exact) mass is 260 g/mol. The van der Waals surface area contributed by atoms with E-state index < -0.39 is 17.9 Å². The molecular formula is C14H16N2O3. The van der Waals surface area contributed by atoms with Crippen LogP contribution in [0.25, 0.3) is 0 Å². The van der Waals surface area contributed by atoms with E-state index in [1.807, 2.05) is 0 Å². The molecule has 1 heterocycles. The van der Waals surface area contributed by atoms with Gasteiger partial charge in [0, 0.05) is 0 Å². The van der Waals surface area contributed by atoms with E-state index in [9.17, 15) is 14.4 Å². The summed E-state index contributed by atoms with van der Waals surface area (Å²) in [6.45, 7) is 7.27. The second kappa shape index (κ2) is 6.06. The number of hydrogen-bond acceptors (Lipinski definition) is 4. The lowest BCUT2D eigenvalue weighted by atomic mass is 10.1. The number of hydrogen-bond donors (Lipinski definition) is 1. The topological polar surface area (TPSA) is 80.5 Å². The zero-order chi connectivity index (χ0) is 14.6. The summed E-state index contributed by atoms with van der Waals surface area (Å²) in [6.07, 6.45) is 0. The van der Waals surface area contributed by atoms with Crippen LogP contribution in [-0.4, -0.2) is 35.1 Å². The quantitative estimate of drug-likeness (QED) is 0.649. The minimum absolute atomic E-state index is 0.260. The number of benzene rings is 1. The fraction of sp³-hybridized carbons (Fsp3) is 0.214. The minimum atomic E-state index is -0.681. The summed E-state index contributed by atoms with van der Waals surface area (Å²) >= 11 is 0. The first-order valence-corrected chi connectivity index (χ1v) is 5.76. The molecule has 5 heteroatoms. The zero-order valence-electron chi connectivity index (χ0n) is 10.8. The van der Waals surface area contributed by atoms with E-state index in [0.29, 0.717) is 11.1 Å². The molecule has 2 amide bonds. The van der Waals surface area contributed by atoms with Crippen LogP contribution >= 0.6 is 0 Å². The molecule has 0 aliphatic carbocycles. The molecule has 1 atom stereocenters. The van der Waals surface area contributed by atoms with Crippen molar-refractivity contribution in [1.29, 1.82) is 0 Å². The van der Waals surface area contributed by atoms with Gasteiger partial charge in [0.15, 0.2) is 5.78 Å². The maximum Gasteiger partial charge on any atom is 0.261 e. The van der Waals surface area contributed by atoms with E-state index in [0.717, 1.165) is 4.90 Å². The van der Waals surface area contributed by atoms with Crippen LogP contribution in [0.2, 0.25) is 0 Å². The Balaban J connectivity index is 0.000000861. The first-order chi connectivity index (χ1) is 9.02. The molecule has 1 aliphatic rings. The van der Waals surface area contributed by atoms with Crippen molar-refractivity contribution < 1.29 is 14.4 Å². The molecule has 1 aliphatic heterocycles. The molecule has 1 aromatic carbocycles. The lowest BCUT2D eigenvalue weighted by Gasteiger charge is -2.13. The molecule has 2 N–H and O–H groups in total. The summed E-state index contributed by atoms with van der Waals surface area (Å²) in [5.74, 6) is -1.20. The van der Waals surface area contributed by atoms with E-state index in [1.54, 1.807) is 24.3 Å². The molecule has 1 unspecified atom stereocenters. The standard InChI is InChI=1S/C12H12N2O3.C2H4/c1-7(13)10(15)6-14-11(16)8-4-2-3-5-9(8)12(14)17;1-2/h2-5,7H,6,13H2,1H3;1-2H2. The Bertz CT molecular complexity index is 488. The van der Waals surface area contributed by atoms with Crippen LogP contribution in [0.4, 0.5) is 0 Å². The third-order valence-electron chi connectivity index (χ3n) is 2.70. The van der Waals surface area contributed by atoms with Crippen molar-refractivity contribution in [3.63, 3.8) is 0 Å². The molecule has 2 rings (SSSR count).